The van der Waals surface area contributed by atoms with Gasteiger partial charge >= 0.3 is 0 Å². The minimum absolute atomic E-state index is 0.702. The average Bonchev–Trinajstić information content (AvgIpc) is 2.80. The highest BCUT2D eigenvalue weighted by Crippen LogP contribution is 2.18. The van der Waals surface area contributed by atoms with Crippen molar-refractivity contribution in [2.24, 2.45) is 0 Å². The summed E-state index contributed by atoms with van der Waals surface area (Å²) in [5, 5.41) is 4.03. The zero-order chi connectivity index (χ0) is 11.2. The molecule has 0 aliphatic carbocycles. The molecule has 0 saturated heterocycles. The number of anilines is 2. The van der Waals surface area contributed by atoms with Crippen molar-refractivity contribution in [3.63, 3.8) is 0 Å². The molecule has 0 radical (unpaired) electrons. The first-order chi connectivity index (χ1) is 7.88. The van der Waals surface area contributed by atoms with E-state index < -0.39 is 0 Å². The molecular weight excluding hydrogens is 242 g/mol. The van der Waals surface area contributed by atoms with Crippen LogP contribution in [0.15, 0.2) is 30.6 Å². The van der Waals surface area contributed by atoms with Crippen LogP contribution in [0.3, 0.4) is 0 Å². The molecule has 16 heavy (non-hydrogen) atoms. The lowest BCUT2D eigenvalue weighted by Gasteiger charge is -2.04. The number of aromatic nitrogens is 2. The normalized spacial score (nSPS) is 10.3. The molecule has 0 spiro atoms. The van der Waals surface area contributed by atoms with E-state index >= 15 is 0 Å². The third-order valence-electron chi connectivity index (χ3n) is 2.14. The maximum atomic E-state index is 5.67. The lowest BCUT2D eigenvalue weighted by Crippen LogP contribution is -1.92. The third kappa shape index (κ3) is 3.18. The van der Waals surface area contributed by atoms with Crippen molar-refractivity contribution in [2.45, 2.75) is 12.8 Å². The van der Waals surface area contributed by atoms with Gasteiger partial charge in [-0.15, -0.1) is 11.6 Å². The molecule has 5 heteroatoms. The minimum Gasteiger partial charge on any atom is -0.330 e. The van der Waals surface area contributed by atoms with Crippen molar-refractivity contribution in [2.75, 3.05) is 11.2 Å². The van der Waals surface area contributed by atoms with E-state index in [2.05, 4.69) is 26.8 Å². The van der Waals surface area contributed by atoms with E-state index in [9.17, 15) is 0 Å². The second kappa shape index (κ2) is 5.82. The van der Waals surface area contributed by atoms with Gasteiger partial charge in [0.25, 0.3) is 0 Å². The summed E-state index contributed by atoms with van der Waals surface area (Å²) in [6, 6.07) is 8.28. The highest BCUT2D eigenvalue weighted by molar-refractivity contribution is 7.09. The van der Waals surface area contributed by atoms with E-state index in [4.69, 9.17) is 11.6 Å². The van der Waals surface area contributed by atoms with E-state index in [1.165, 1.54) is 17.1 Å². The molecule has 1 aromatic heterocycles. The third-order valence-corrected chi connectivity index (χ3v) is 2.99. The zero-order valence-electron chi connectivity index (χ0n) is 8.69. The number of aryl methyl sites for hydroxylation is 1. The fraction of sp³-hybridized carbons (Fsp3) is 0.273. The average molecular weight is 254 g/mol. The van der Waals surface area contributed by atoms with Crippen molar-refractivity contribution in [3.8, 4) is 0 Å². The van der Waals surface area contributed by atoms with Crippen molar-refractivity contribution in [1.82, 2.24) is 9.36 Å². The Morgan fingerprint density at radius 3 is 3.06 bits per heavy atom. The Balaban J connectivity index is 2.04. The number of alkyl halides is 1. The molecule has 2 aromatic rings. The van der Waals surface area contributed by atoms with Gasteiger partial charge in [-0.05, 0) is 30.5 Å². The van der Waals surface area contributed by atoms with Gasteiger partial charge in [-0.25, -0.2) is 4.98 Å². The fourth-order valence-corrected chi connectivity index (χ4v) is 2.01. The molecule has 1 aromatic carbocycles. The molecule has 84 valence electrons. The summed E-state index contributed by atoms with van der Waals surface area (Å²) in [7, 11) is 0. The van der Waals surface area contributed by atoms with Crippen LogP contribution in [0.2, 0.25) is 0 Å². The summed E-state index contributed by atoms with van der Waals surface area (Å²) < 4.78 is 3.94. The van der Waals surface area contributed by atoms with Crippen LogP contribution in [0.5, 0.6) is 0 Å². The lowest BCUT2D eigenvalue weighted by atomic mass is 10.1. The van der Waals surface area contributed by atoms with Crippen LogP contribution in [0.25, 0.3) is 0 Å². The van der Waals surface area contributed by atoms with E-state index in [1.54, 1.807) is 6.33 Å². The Labute approximate surface area is 104 Å². The van der Waals surface area contributed by atoms with Gasteiger partial charge in [-0.2, -0.15) is 4.37 Å². The molecule has 0 bridgehead atoms. The van der Waals surface area contributed by atoms with E-state index in [1.807, 2.05) is 12.1 Å². The first kappa shape index (κ1) is 11.4. The topological polar surface area (TPSA) is 37.8 Å². The maximum absolute atomic E-state index is 5.67. The monoisotopic (exact) mass is 253 g/mol. The summed E-state index contributed by atoms with van der Waals surface area (Å²) in [6.45, 7) is 0. The summed E-state index contributed by atoms with van der Waals surface area (Å²) in [4.78, 5) is 4.08. The Kier molecular flexibility index (Phi) is 4.13. The largest absolute Gasteiger partial charge is 0.330 e. The fourth-order valence-electron chi connectivity index (χ4n) is 1.43. The summed E-state index contributed by atoms with van der Waals surface area (Å²) in [5.41, 5.74) is 2.33. The number of nitrogens with zero attached hydrogens (tertiary/aromatic N) is 2. The first-order valence-corrected chi connectivity index (χ1v) is 6.38. The number of nitrogens with one attached hydrogen (secondary N) is 1. The molecule has 1 N–H and O–H groups in total. The number of rotatable bonds is 5. The van der Waals surface area contributed by atoms with Crippen molar-refractivity contribution < 1.29 is 0 Å². The molecule has 0 amide bonds. The molecule has 1 heterocycles. The van der Waals surface area contributed by atoms with E-state index in [-0.39, 0.29) is 0 Å². The Morgan fingerprint density at radius 2 is 2.31 bits per heavy atom. The minimum atomic E-state index is 0.702. The molecule has 0 aliphatic heterocycles. The maximum Gasteiger partial charge on any atom is 0.206 e. The highest BCUT2D eigenvalue weighted by atomic mass is 35.5. The van der Waals surface area contributed by atoms with E-state index in [0.717, 1.165) is 23.7 Å². The molecule has 0 atom stereocenters. The van der Waals surface area contributed by atoms with E-state index in [0.29, 0.717) is 5.88 Å². The van der Waals surface area contributed by atoms with Gasteiger partial charge < -0.3 is 5.32 Å². The molecule has 2 rings (SSSR count). The standard InChI is InChI=1S/C11H12ClN3S/c12-6-2-4-9-3-1-5-10(7-9)15-11-13-8-14-16-11/h1,3,5,7-8H,2,4,6H2,(H,13,14,15). The Bertz CT molecular complexity index is 431. The molecule has 0 saturated carbocycles. The van der Waals surface area contributed by atoms with Gasteiger partial charge in [0.2, 0.25) is 5.13 Å². The molecular formula is C11H12ClN3S. The van der Waals surface area contributed by atoms with Gasteiger partial charge in [0.1, 0.15) is 6.33 Å². The number of hydrogen-bond donors (Lipinski definition) is 1. The van der Waals surface area contributed by atoms with Crippen LogP contribution in [-0.4, -0.2) is 15.2 Å². The number of benzene rings is 1. The van der Waals surface area contributed by atoms with Crippen LogP contribution in [0, 0.1) is 0 Å². The second-order valence-electron chi connectivity index (χ2n) is 3.36. The first-order valence-electron chi connectivity index (χ1n) is 5.07. The van der Waals surface area contributed by atoms with Crippen LogP contribution in [0.1, 0.15) is 12.0 Å². The van der Waals surface area contributed by atoms with Crippen molar-refractivity contribution in [3.05, 3.63) is 36.2 Å². The molecule has 0 fully saturated rings. The highest BCUT2D eigenvalue weighted by Gasteiger charge is 1.99. The van der Waals surface area contributed by atoms with Gasteiger partial charge in [-0.3, -0.25) is 0 Å². The summed E-state index contributed by atoms with van der Waals surface area (Å²) in [5.74, 6) is 0.702. The Hall–Kier alpha value is -1.13. The number of halogens is 1. The number of hydrogen-bond acceptors (Lipinski definition) is 4. The predicted molar refractivity (Wildman–Crippen MR) is 68.7 cm³/mol. The molecule has 0 unspecified atom stereocenters. The lowest BCUT2D eigenvalue weighted by molar-refractivity contribution is 0.929. The van der Waals surface area contributed by atoms with Crippen molar-refractivity contribution >= 4 is 34.0 Å². The van der Waals surface area contributed by atoms with Crippen LogP contribution in [0.4, 0.5) is 10.8 Å². The smallest absolute Gasteiger partial charge is 0.206 e. The molecule has 3 nitrogen and oxygen atoms in total. The van der Waals surface area contributed by atoms with Gasteiger partial charge in [0.05, 0.1) is 0 Å². The van der Waals surface area contributed by atoms with Gasteiger partial charge in [0.15, 0.2) is 0 Å². The predicted octanol–water partition coefficient (Wildman–Crippen LogP) is 3.45. The summed E-state index contributed by atoms with van der Waals surface area (Å²) in [6.07, 6.45) is 3.56. The van der Waals surface area contributed by atoms with Crippen molar-refractivity contribution in [1.29, 1.82) is 0 Å². The van der Waals surface area contributed by atoms with Crippen LogP contribution >= 0.6 is 23.1 Å². The summed E-state index contributed by atoms with van der Waals surface area (Å²) >= 11 is 7.02. The van der Waals surface area contributed by atoms with Gasteiger partial charge in [0, 0.05) is 23.1 Å². The van der Waals surface area contributed by atoms with Crippen LogP contribution < -0.4 is 5.32 Å². The second-order valence-corrected chi connectivity index (χ2v) is 4.52. The quantitative estimate of drug-likeness (QED) is 0.830. The Morgan fingerprint density at radius 1 is 1.38 bits per heavy atom. The van der Waals surface area contributed by atoms with Crippen LogP contribution in [-0.2, 0) is 6.42 Å². The zero-order valence-corrected chi connectivity index (χ0v) is 10.3. The van der Waals surface area contributed by atoms with Gasteiger partial charge in [-0.1, -0.05) is 12.1 Å². The molecule has 0 aliphatic rings. The SMILES string of the molecule is ClCCCc1cccc(Nc2ncns2)c1.